The average molecular weight is 346 g/mol. The normalized spacial score (nSPS) is 11.1. The number of rotatable bonds is 6. The first kappa shape index (κ1) is 14.2. The van der Waals surface area contributed by atoms with Crippen LogP contribution in [0.2, 0.25) is 0 Å². The van der Waals surface area contributed by atoms with Crippen LogP contribution in [0, 0.1) is 0 Å². The zero-order chi connectivity index (χ0) is 13.8. The molecule has 6 nitrogen and oxygen atoms in total. The Bertz CT molecular complexity index is 569. The van der Waals surface area contributed by atoms with E-state index in [4.69, 9.17) is 9.52 Å². The van der Waals surface area contributed by atoms with Crippen LogP contribution in [0.15, 0.2) is 20.3 Å². The summed E-state index contributed by atoms with van der Waals surface area (Å²) in [6.07, 6.45) is 0. The fourth-order valence-corrected chi connectivity index (χ4v) is 2.82. The maximum Gasteiger partial charge on any atom is 0.317 e. The van der Waals surface area contributed by atoms with Crippen molar-refractivity contribution in [2.24, 2.45) is 0 Å². The predicted octanol–water partition coefficient (Wildman–Crippen LogP) is 2.47. The van der Waals surface area contributed by atoms with Crippen LogP contribution in [0.1, 0.15) is 12.8 Å². The minimum absolute atomic E-state index is 0.0429. The van der Waals surface area contributed by atoms with Crippen molar-refractivity contribution in [3.05, 3.63) is 21.8 Å². The van der Waals surface area contributed by atoms with Crippen LogP contribution in [0.3, 0.4) is 0 Å². The number of halogens is 1. The van der Waals surface area contributed by atoms with Gasteiger partial charge in [-0.25, -0.2) is 0 Å². The maximum atomic E-state index is 10.7. The molecular weight excluding hydrogens is 334 g/mol. The number of hydrogen-bond acceptors (Lipinski definition) is 6. The fraction of sp³-hybridized carbons (Fsp3) is 0.364. The molecule has 0 aromatic carbocycles. The monoisotopic (exact) mass is 345 g/mol. The summed E-state index contributed by atoms with van der Waals surface area (Å²) < 4.78 is 6.52. The quantitative estimate of drug-likeness (QED) is 0.866. The Labute approximate surface area is 122 Å². The van der Waals surface area contributed by atoms with Crippen molar-refractivity contribution >= 4 is 33.2 Å². The lowest BCUT2D eigenvalue weighted by molar-refractivity contribution is -0.138. The van der Waals surface area contributed by atoms with Gasteiger partial charge in [0, 0.05) is 0 Å². The van der Waals surface area contributed by atoms with Crippen LogP contribution in [0.4, 0.5) is 0 Å². The Morgan fingerprint density at radius 2 is 2.32 bits per heavy atom. The molecule has 8 heteroatoms. The molecule has 0 radical (unpaired) electrons. The van der Waals surface area contributed by atoms with E-state index in [0.29, 0.717) is 24.9 Å². The molecule has 2 aromatic heterocycles. The molecule has 19 heavy (non-hydrogen) atoms. The van der Waals surface area contributed by atoms with Gasteiger partial charge in [-0.1, -0.05) is 6.92 Å². The third kappa shape index (κ3) is 3.85. The van der Waals surface area contributed by atoms with E-state index < -0.39 is 5.97 Å². The fourth-order valence-electron chi connectivity index (χ4n) is 1.51. The van der Waals surface area contributed by atoms with Crippen LogP contribution in [-0.4, -0.2) is 39.3 Å². The Kier molecular flexibility index (Phi) is 4.67. The summed E-state index contributed by atoms with van der Waals surface area (Å²) in [5.41, 5.74) is 0. The molecule has 2 aromatic rings. The molecule has 1 N–H and O–H groups in total. The van der Waals surface area contributed by atoms with Gasteiger partial charge in [0.25, 0.3) is 5.89 Å². The predicted molar refractivity (Wildman–Crippen MR) is 73.9 cm³/mol. The van der Waals surface area contributed by atoms with Crippen LogP contribution in [0.25, 0.3) is 10.8 Å². The van der Waals surface area contributed by atoms with E-state index in [2.05, 4.69) is 26.1 Å². The van der Waals surface area contributed by atoms with Gasteiger partial charge in [-0.15, -0.1) is 21.5 Å². The number of hydrogen-bond donors (Lipinski definition) is 1. The lowest BCUT2D eigenvalue weighted by atomic mass is 10.4. The molecule has 0 spiro atoms. The summed E-state index contributed by atoms with van der Waals surface area (Å²) in [5.74, 6) is 0.00322. The molecular formula is C11H12BrN3O3S. The van der Waals surface area contributed by atoms with Gasteiger partial charge >= 0.3 is 5.97 Å². The molecule has 0 fully saturated rings. The zero-order valence-electron chi connectivity index (χ0n) is 10.2. The highest BCUT2D eigenvalue weighted by molar-refractivity contribution is 9.11. The summed E-state index contributed by atoms with van der Waals surface area (Å²) in [7, 11) is 0. The van der Waals surface area contributed by atoms with Crippen molar-refractivity contribution in [1.82, 2.24) is 15.1 Å². The van der Waals surface area contributed by atoms with Crippen LogP contribution < -0.4 is 0 Å². The first-order valence-corrected chi connectivity index (χ1v) is 7.21. The number of carboxylic acid groups (broad SMARTS) is 1. The Morgan fingerprint density at radius 3 is 2.89 bits per heavy atom. The summed E-state index contributed by atoms with van der Waals surface area (Å²) in [6.45, 7) is 2.78. The van der Waals surface area contributed by atoms with Crippen molar-refractivity contribution in [3.63, 3.8) is 0 Å². The molecule has 0 saturated heterocycles. The molecule has 0 bridgehead atoms. The number of nitrogens with zero attached hydrogens (tertiary/aromatic N) is 3. The topological polar surface area (TPSA) is 79.5 Å². The number of aromatic nitrogens is 2. The van der Waals surface area contributed by atoms with Gasteiger partial charge < -0.3 is 9.52 Å². The second-order valence-electron chi connectivity index (χ2n) is 3.80. The third-order valence-corrected chi connectivity index (χ3v) is 4.03. The molecule has 0 atom stereocenters. The standard InChI is InChI=1S/C11H12BrN3O3S/c1-2-15(6-10(16)17)5-9-13-14-11(18-9)7-3-4-8(12)19-7/h3-4H,2,5-6H2,1H3,(H,16,17). The third-order valence-electron chi connectivity index (χ3n) is 2.42. The Morgan fingerprint density at radius 1 is 1.53 bits per heavy atom. The van der Waals surface area contributed by atoms with E-state index in [1.807, 2.05) is 19.1 Å². The number of likely N-dealkylation sites (N-methyl/N-ethyl adjacent to an activating group) is 1. The first-order valence-electron chi connectivity index (χ1n) is 5.60. The highest BCUT2D eigenvalue weighted by Gasteiger charge is 2.14. The van der Waals surface area contributed by atoms with Gasteiger partial charge in [0.1, 0.15) is 0 Å². The number of thiophene rings is 1. The minimum Gasteiger partial charge on any atom is -0.480 e. The lowest BCUT2D eigenvalue weighted by Crippen LogP contribution is -2.29. The largest absolute Gasteiger partial charge is 0.480 e. The van der Waals surface area contributed by atoms with Crippen molar-refractivity contribution in [1.29, 1.82) is 0 Å². The highest BCUT2D eigenvalue weighted by Crippen LogP contribution is 2.30. The average Bonchev–Trinajstić information content (AvgIpc) is 2.96. The number of aliphatic carboxylic acids is 1. The molecule has 0 unspecified atom stereocenters. The summed E-state index contributed by atoms with van der Waals surface area (Å²) in [4.78, 5) is 13.3. The summed E-state index contributed by atoms with van der Waals surface area (Å²) in [6, 6.07) is 3.80. The molecule has 0 aliphatic rings. The van der Waals surface area contributed by atoms with Crippen molar-refractivity contribution in [2.75, 3.05) is 13.1 Å². The Hall–Kier alpha value is -1.25. The molecule has 0 aliphatic carbocycles. The minimum atomic E-state index is -0.872. The molecule has 0 saturated carbocycles. The van der Waals surface area contributed by atoms with Gasteiger partial charge in [0.2, 0.25) is 5.89 Å². The van der Waals surface area contributed by atoms with Crippen LogP contribution in [-0.2, 0) is 11.3 Å². The second kappa shape index (κ2) is 6.27. The van der Waals surface area contributed by atoms with E-state index in [1.165, 1.54) is 11.3 Å². The maximum absolute atomic E-state index is 10.7. The van der Waals surface area contributed by atoms with Crippen molar-refractivity contribution < 1.29 is 14.3 Å². The molecule has 0 aliphatic heterocycles. The number of carbonyl (C=O) groups is 1. The van der Waals surface area contributed by atoms with Crippen LogP contribution in [0.5, 0.6) is 0 Å². The summed E-state index contributed by atoms with van der Waals surface area (Å²) >= 11 is 4.87. The second-order valence-corrected chi connectivity index (χ2v) is 6.26. The lowest BCUT2D eigenvalue weighted by Gasteiger charge is -2.14. The van der Waals surface area contributed by atoms with Gasteiger partial charge in [0.15, 0.2) is 0 Å². The summed E-state index contributed by atoms with van der Waals surface area (Å²) in [5, 5.41) is 16.7. The SMILES string of the molecule is CCN(CC(=O)O)Cc1nnc(-c2ccc(Br)s2)o1. The highest BCUT2D eigenvalue weighted by atomic mass is 79.9. The van der Waals surface area contributed by atoms with Gasteiger partial charge in [-0.05, 0) is 34.6 Å². The van der Waals surface area contributed by atoms with Gasteiger partial charge in [-0.3, -0.25) is 9.69 Å². The molecule has 102 valence electrons. The molecule has 0 amide bonds. The van der Waals surface area contributed by atoms with Crippen molar-refractivity contribution in [3.8, 4) is 10.8 Å². The number of carboxylic acids is 1. The van der Waals surface area contributed by atoms with Crippen LogP contribution >= 0.6 is 27.3 Å². The molecule has 2 rings (SSSR count). The smallest absolute Gasteiger partial charge is 0.317 e. The van der Waals surface area contributed by atoms with Gasteiger partial charge in [-0.2, -0.15) is 0 Å². The van der Waals surface area contributed by atoms with Crippen molar-refractivity contribution in [2.45, 2.75) is 13.5 Å². The van der Waals surface area contributed by atoms with Gasteiger partial charge in [0.05, 0.1) is 21.8 Å². The zero-order valence-corrected chi connectivity index (χ0v) is 12.6. The van der Waals surface area contributed by atoms with E-state index in [0.717, 1.165) is 8.66 Å². The van der Waals surface area contributed by atoms with E-state index in [9.17, 15) is 4.79 Å². The first-order chi connectivity index (χ1) is 9.08. The van der Waals surface area contributed by atoms with E-state index >= 15 is 0 Å². The van der Waals surface area contributed by atoms with E-state index in [-0.39, 0.29) is 6.54 Å². The molecule has 2 heterocycles. The Balaban J connectivity index is 2.06. The van der Waals surface area contributed by atoms with E-state index in [1.54, 1.807) is 4.90 Å².